The number of hydrogen-bond donors (Lipinski definition) is 9. The molecule has 0 aliphatic rings. The number of benzene rings is 1. The zero-order valence-electron chi connectivity index (χ0n) is 32.6. The van der Waals surface area contributed by atoms with Gasteiger partial charge in [-0.05, 0) is 74.8 Å². The lowest BCUT2D eigenvalue weighted by Gasteiger charge is -2.29. The summed E-state index contributed by atoms with van der Waals surface area (Å²) in [5, 5.41) is 32.2. The second-order valence-corrected chi connectivity index (χ2v) is 14.7. The highest BCUT2D eigenvalue weighted by Crippen LogP contribution is 2.13. The zero-order valence-corrected chi connectivity index (χ0v) is 32.6. The number of rotatable bonds is 26. The maximum atomic E-state index is 13.8. The number of aliphatic carboxylic acids is 2. The van der Waals surface area contributed by atoms with Crippen molar-refractivity contribution in [2.75, 3.05) is 6.54 Å². The summed E-state index contributed by atoms with van der Waals surface area (Å²) in [6, 6.07) is 2.17. The molecule has 0 spiro atoms. The number of nitrogens with one attached hydrogen (secondary N) is 5. The molecule has 1 aromatic rings. The van der Waals surface area contributed by atoms with Crippen LogP contribution in [0.2, 0.25) is 0 Å². The van der Waals surface area contributed by atoms with E-state index in [4.69, 9.17) is 11.5 Å². The third-order valence-electron chi connectivity index (χ3n) is 8.95. The molecule has 54 heavy (non-hydrogen) atoms. The predicted octanol–water partition coefficient (Wildman–Crippen LogP) is 1.20. The summed E-state index contributed by atoms with van der Waals surface area (Å²) < 4.78 is 0. The number of amides is 5. The number of carboxylic acids is 2. The average Bonchev–Trinajstić information content (AvgIpc) is 3.10. The highest BCUT2D eigenvalue weighted by Gasteiger charge is 2.35. The van der Waals surface area contributed by atoms with E-state index < -0.39 is 90.1 Å². The predicted molar refractivity (Wildman–Crippen MR) is 204 cm³/mol. The quantitative estimate of drug-likeness (QED) is 0.0605. The molecule has 1 aromatic carbocycles. The fraction of sp³-hybridized carbons (Fsp3) is 0.658. The average molecular weight is 762 g/mol. The molecule has 0 unspecified atom stereocenters. The maximum absolute atomic E-state index is 13.8. The first-order valence-electron chi connectivity index (χ1n) is 18.9. The second-order valence-electron chi connectivity index (χ2n) is 14.7. The number of carboxylic acid groups (broad SMARTS) is 2. The number of carbonyl (C=O) groups is 7. The number of nitrogens with two attached hydrogens (primary N) is 2. The minimum Gasteiger partial charge on any atom is -0.481 e. The third-order valence-corrected chi connectivity index (χ3v) is 8.95. The Balaban J connectivity index is 3.25. The van der Waals surface area contributed by atoms with Gasteiger partial charge >= 0.3 is 11.9 Å². The van der Waals surface area contributed by atoms with Crippen LogP contribution in [0.5, 0.6) is 0 Å². The Morgan fingerprint density at radius 1 is 0.648 bits per heavy atom. The van der Waals surface area contributed by atoms with Gasteiger partial charge < -0.3 is 48.3 Å². The Labute approximate surface area is 318 Å². The van der Waals surface area contributed by atoms with E-state index in [1.807, 2.05) is 58.0 Å². The van der Waals surface area contributed by atoms with Crippen molar-refractivity contribution in [1.82, 2.24) is 26.6 Å². The molecular formula is C38H63N7O9. The maximum Gasteiger partial charge on any atom is 0.326 e. The lowest BCUT2D eigenvalue weighted by atomic mass is 9.96. The van der Waals surface area contributed by atoms with Gasteiger partial charge in [0, 0.05) is 6.42 Å². The van der Waals surface area contributed by atoms with Crippen LogP contribution in [-0.2, 0) is 40.0 Å². The molecule has 7 atom stereocenters. The van der Waals surface area contributed by atoms with Gasteiger partial charge in [-0.1, -0.05) is 78.3 Å². The van der Waals surface area contributed by atoms with Gasteiger partial charge in [-0.2, -0.15) is 0 Å². The van der Waals surface area contributed by atoms with Crippen LogP contribution < -0.4 is 38.1 Å². The molecule has 16 nitrogen and oxygen atoms in total. The van der Waals surface area contributed by atoms with Crippen molar-refractivity contribution in [1.29, 1.82) is 0 Å². The minimum absolute atomic E-state index is 0.0276. The summed E-state index contributed by atoms with van der Waals surface area (Å²) in [5.74, 6) is -6.63. The highest BCUT2D eigenvalue weighted by molar-refractivity contribution is 5.96. The number of carbonyl (C=O) groups excluding carboxylic acids is 5. The molecule has 0 aliphatic heterocycles. The van der Waals surface area contributed by atoms with Crippen molar-refractivity contribution in [2.45, 2.75) is 136 Å². The van der Waals surface area contributed by atoms with E-state index in [1.54, 1.807) is 13.8 Å². The lowest BCUT2D eigenvalue weighted by Crippen LogP contribution is -2.60. The van der Waals surface area contributed by atoms with Crippen LogP contribution >= 0.6 is 0 Å². The monoisotopic (exact) mass is 761 g/mol. The summed E-state index contributed by atoms with van der Waals surface area (Å²) in [4.78, 5) is 91.0. The minimum atomic E-state index is -1.43. The molecule has 0 radical (unpaired) electrons. The largest absolute Gasteiger partial charge is 0.481 e. The van der Waals surface area contributed by atoms with Gasteiger partial charge in [0.2, 0.25) is 29.5 Å². The Morgan fingerprint density at radius 2 is 1.15 bits per heavy atom. The van der Waals surface area contributed by atoms with Crippen LogP contribution in [0, 0.1) is 17.8 Å². The van der Waals surface area contributed by atoms with Gasteiger partial charge in [0.05, 0.1) is 6.04 Å². The molecule has 0 saturated heterocycles. The smallest absolute Gasteiger partial charge is 0.326 e. The van der Waals surface area contributed by atoms with E-state index >= 15 is 0 Å². The molecule has 16 heteroatoms. The molecule has 0 aromatic heterocycles. The first-order chi connectivity index (χ1) is 25.4. The van der Waals surface area contributed by atoms with Crippen molar-refractivity contribution in [3.05, 3.63) is 35.9 Å². The summed E-state index contributed by atoms with van der Waals surface area (Å²) in [6.45, 7) is 11.2. The fourth-order valence-electron chi connectivity index (χ4n) is 5.69. The first kappa shape index (κ1) is 47.5. The van der Waals surface area contributed by atoms with Gasteiger partial charge in [0.15, 0.2) is 0 Å². The Kier molecular flexibility index (Phi) is 21.7. The third kappa shape index (κ3) is 18.0. The van der Waals surface area contributed by atoms with Gasteiger partial charge in [-0.15, -0.1) is 0 Å². The molecule has 0 saturated carbocycles. The van der Waals surface area contributed by atoms with Crippen LogP contribution in [0.4, 0.5) is 0 Å². The Hall–Kier alpha value is -4.57. The Morgan fingerprint density at radius 3 is 1.63 bits per heavy atom. The van der Waals surface area contributed by atoms with Crippen LogP contribution in [0.15, 0.2) is 30.3 Å². The molecule has 0 bridgehead atoms. The van der Waals surface area contributed by atoms with Gasteiger partial charge in [0.1, 0.15) is 30.2 Å². The summed E-state index contributed by atoms with van der Waals surface area (Å²) >= 11 is 0. The molecular weight excluding hydrogens is 698 g/mol. The van der Waals surface area contributed by atoms with Crippen molar-refractivity contribution < 1.29 is 43.8 Å². The van der Waals surface area contributed by atoms with Crippen LogP contribution in [0.1, 0.15) is 98.5 Å². The molecule has 0 fully saturated rings. The van der Waals surface area contributed by atoms with E-state index in [1.165, 1.54) is 0 Å². The topological polar surface area (TPSA) is 272 Å². The summed E-state index contributed by atoms with van der Waals surface area (Å²) in [6.07, 6.45) is 1.34. The molecule has 11 N–H and O–H groups in total. The molecule has 0 aliphatic carbocycles. The number of unbranched alkanes of at least 4 members (excludes halogenated alkanes) is 1. The standard InChI is InChI=1S/C38H63N7O9/c1-7-24(6)32(37(52)42-28(38(53)54)15-11-12-18-39)45-34(49)27(16-17-31(46)47)41-35(50)30(20-23(4)5)44-36(51)29(19-22(2)3)43-33(48)26(40)21-25-13-9-8-10-14-25/h8-10,13-14,22-24,26-30,32H,7,11-12,15-21,39-40H2,1-6H3,(H,41,50)(H,42,52)(H,43,48)(H,44,51)(H,45,49)(H,46,47)(H,53,54)/t24-,26-,27-,28-,29-,30-,32-/m0/s1. The Bertz CT molecular complexity index is 1380. The van der Waals surface area contributed by atoms with Gasteiger partial charge in [-0.25, -0.2) is 4.79 Å². The van der Waals surface area contributed by atoms with E-state index in [-0.39, 0.29) is 43.9 Å². The number of hydrogen-bond acceptors (Lipinski definition) is 9. The SMILES string of the molecule is CC[C@H](C)[C@H](NC(=O)[C@H](CCC(=O)O)NC(=O)[C@H](CC(C)C)NC(=O)[C@H](CC(C)C)NC(=O)[C@@H](N)Cc1ccccc1)C(=O)N[C@@H](CCCCN)C(=O)O. The van der Waals surface area contributed by atoms with Gasteiger partial charge in [0.25, 0.3) is 0 Å². The fourth-order valence-corrected chi connectivity index (χ4v) is 5.69. The first-order valence-corrected chi connectivity index (χ1v) is 18.9. The highest BCUT2D eigenvalue weighted by atomic mass is 16.4. The molecule has 1 rings (SSSR count). The van der Waals surface area contributed by atoms with Crippen molar-refractivity contribution in [3.63, 3.8) is 0 Å². The summed E-state index contributed by atoms with van der Waals surface area (Å²) in [7, 11) is 0. The molecule has 5 amide bonds. The van der Waals surface area contributed by atoms with E-state index in [2.05, 4.69) is 26.6 Å². The van der Waals surface area contributed by atoms with E-state index in [0.29, 0.717) is 25.8 Å². The van der Waals surface area contributed by atoms with Crippen LogP contribution in [0.3, 0.4) is 0 Å². The second kappa shape index (κ2) is 24.7. The molecule has 0 heterocycles. The van der Waals surface area contributed by atoms with E-state index in [9.17, 15) is 43.8 Å². The zero-order chi connectivity index (χ0) is 41.0. The normalized spacial score (nSPS) is 15.1. The van der Waals surface area contributed by atoms with E-state index in [0.717, 1.165) is 5.56 Å². The van der Waals surface area contributed by atoms with Gasteiger partial charge in [-0.3, -0.25) is 28.8 Å². The van der Waals surface area contributed by atoms with Crippen LogP contribution in [0.25, 0.3) is 0 Å². The van der Waals surface area contributed by atoms with Crippen molar-refractivity contribution >= 4 is 41.5 Å². The van der Waals surface area contributed by atoms with Crippen LogP contribution in [-0.4, -0.2) is 94.5 Å². The van der Waals surface area contributed by atoms with Crippen molar-refractivity contribution in [2.24, 2.45) is 29.2 Å². The van der Waals surface area contributed by atoms with Crippen molar-refractivity contribution in [3.8, 4) is 0 Å². The molecule has 304 valence electrons. The summed E-state index contributed by atoms with van der Waals surface area (Å²) in [5.41, 5.74) is 12.5. The lowest BCUT2D eigenvalue weighted by molar-refractivity contribution is -0.143.